The molecule has 0 aliphatic carbocycles. The number of anilines is 2. The molecule has 3 N–H and O–H groups in total. The molecular formula is C14H17N3. The molecular weight excluding hydrogens is 210 g/mol. The standard InChI is InChI=1S/C14H17N3/c1-10(2)5-7-16-13-6-8-17-14-9-11(15)3-4-12(13)14/h3-6,8-9H,7,15H2,1-2H3,(H,16,17). The number of pyridine rings is 1. The number of allylic oxidation sites excluding steroid dienone is 1. The molecule has 0 saturated carbocycles. The zero-order valence-electron chi connectivity index (χ0n) is 10.2. The third-order valence-electron chi connectivity index (χ3n) is 2.57. The van der Waals surface area contributed by atoms with E-state index in [4.69, 9.17) is 5.73 Å². The van der Waals surface area contributed by atoms with Gasteiger partial charge >= 0.3 is 0 Å². The van der Waals surface area contributed by atoms with Gasteiger partial charge < -0.3 is 11.1 Å². The summed E-state index contributed by atoms with van der Waals surface area (Å²) in [7, 11) is 0. The van der Waals surface area contributed by atoms with Crippen molar-refractivity contribution in [3.8, 4) is 0 Å². The topological polar surface area (TPSA) is 50.9 Å². The molecule has 2 aromatic rings. The van der Waals surface area contributed by atoms with Gasteiger partial charge in [0.2, 0.25) is 0 Å². The molecule has 2 rings (SSSR count). The second kappa shape index (κ2) is 4.87. The van der Waals surface area contributed by atoms with E-state index in [0.717, 1.165) is 28.8 Å². The van der Waals surface area contributed by atoms with E-state index < -0.39 is 0 Å². The van der Waals surface area contributed by atoms with Gasteiger partial charge in [0.25, 0.3) is 0 Å². The fourth-order valence-corrected chi connectivity index (χ4v) is 1.68. The number of benzene rings is 1. The van der Waals surface area contributed by atoms with E-state index in [0.29, 0.717) is 0 Å². The number of nitrogens with two attached hydrogens (primary N) is 1. The monoisotopic (exact) mass is 227 g/mol. The SMILES string of the molecule is CC(C)=CCNc1ccnc2cc(N)ccc12. The van der Waals surface area contributed by atoms with Gasteiger partial charge in [-0.1, -0.05) is 11.6 Å². The van der Waals surface area contributed by atoms with Crippen LogP contribution in [0.1, 0.15) is 13.8 Å². The second-order valence-corrected chi connectivity index (χ2v) is 4.30. The van der Waals surface area contributed by atoms with Crippen LogP contribution in [0.5, 0.6) is 0 Å². The Balaban J connectivity index is 2.31. The largest absolute Gasteiger partial charge is 0.399 e. The molecule has 1 heterocycles. The predicted molar refractivity (Wildman–Crippen MR) is 74.1 cm³/mol. The van der Waals surface area contributed by atoms with Crippen LogP contribution in [0.4, 0.5) is 11.4 Å². The van der Waals surface area contributed by atoms with Crippen LogP contribution in [0.2, 0.25) is 0 Å². The van der Waals surface area contributed by atoms with Crippen LogP contribution in [0.15, 0.2) is 42.1 Å². The third kappa shape index (κ3) is 2.75. The van der Waals surface area contributed by atoms with Gasteiger partial charge in [-0.3, -0.25) is 4.98 Å². The maximum atomic E-state index is 5.74. The van der Waals surface area contributed by atoms with Crippen molar-refractivity contribution < 1.29 is 0 Å². The molecule has 0 amide bonds. The van der Waals surface area contributed by atoms with Gasteiger partial charge in [-0.2, -0.15) is 0 Å². The minimum atomic E-state index is 0.742. The van der Waals surface area contributed by atoms with Crippen LogP contribution in [0, 0.1) is 0 Å². The summed E-state index contributed by atoms with van der Waals surface area (Å²) in [5.41, 5.74) is 9.81. The summed E-state index contributed by atoms with van der Waals surface area (Å²) in [6.07, 6.45) is 3.95. The molecule has 0 fully saturated rings. The molecule has 0 atom stereocenters. The van der Waals surface area contributed by atoms with Crippen molar-refractivity contribution in [2.45, 2.75) is 13.8 Å². The number of hydrogen-bond acceptors (Lipinski definition) is 3. The van der Waals surface area contributed by atoms with Crippen molar-refractivity contribution in [2.24, 2.45) is 0 Å². The minimum Gasteiger partial charge on any atom is -0.399 e. The first-order valence-corrected chi connectivity index (χ1v) is 5.68. The van der Waals surface area contributed by atoms with Crippen LogP contribution in [-0.2, 0) is 0 Å². The molecule has 0 bridgehead atoms. The molecule has 0 radical (unpaired) electrons. The molecule has 0 aliphatic heterocycles. The molecule has 88 valence electrons. The number of nitrogens with zero attached hydrogens (tertiary/aromatic N) is 1. The van der Waals surface area contributed by atoms with Gasteiger partial charge in [0, 0.05) is 29.5 Å². The first-order valence-electron chi connectivity index (χ1n) is 5.68. The van der Waals surface area contributed by atoms with E-state index in [1.54, 1.807) is 6.20 Å². The Kier molecular flexibility index (Phi) is 3.28. The lowest BCUT2D eigenvalue weighted by molar-refractivity contribution is 1.26. The van der Waals surface area contributed by atoms with Gasteiger partial charge in [-0.05, 0) is 38.1 Å². The van der Waals surface area contributed by atoms with Crippen molar-refractivity contribution in [2.75, 3.05) is 17.6 Å². The van der Waals surface area contributed by atoms with Crippen LogP contribution in [0.25, 0.3) is 10.9 Å². The summed E-state index contributed by atoms with van der Waals surface area (Å²) >= 11 is 0. The lowest BCUT2D eigenvalue weighted by atomic mass is 10.1. The number of nitrogen functional groups attached to an aromatic ring is 1. The summed E-state index contributed by atoms with van der Waals surface area (Å²) < 4.78 is 0. The zero-order valence-corrected chi connectivity index (χ0v) is 10.2. The van der Waals surface area contributed by atoms with E-state index in [-0.39, 0.29) is 0 Å². The maximum Gasteiger partial charge on any atom is 0.0743 e. The smallest absolute Gasteiger partial charge is 0.0743 e. The Morgan fingerprint density at radius 3 is 2.94 bits per heavy atom. The maximum absolute atomic E-state index is 5.74. The fraction of sp³-hybridized carbons (Fsp3) is 0.214. The van der Waals surface area contributed by atoms with Crippen LogP contribution >= 0.6 is 0 Å². The van der Waals surface area contributed by atoms with Crippen LogP contribution < -0.4 is 11.1 Å². The highest BCUT2D eigenvalue weighted by atomic mass is 14.9. The number of hydrogen-bond donors (Lipinski definition) is 2. The first kappa shape index (κ1) is 11.5. The highest BCUT2D eigenvalue weighted by Crippen LogP contribution is 2.23. The summed E-state index contributed by atoms with van der Waals surface area (Å²) in [4.78, 5) is 4.31. The van der Waals surface area contributed by atoms with Crippen LogP contribution in [-0.4, -0.2) is 11.5 Å². The Labute approximate surface area is 101 Å². The first-order chi connectivity index (χ1) is 8.16. The molecule has 0 saturated heterocycles. The Morgan fingerprint density at radius 1 is 1.35 bits per heavy atom. The summed E-state index contributed by atoms with van der Waals surface area (Å²) in [6, 6.07) is 7.78. The number of aromatic nitrogens is 1. The molecule has 1 aromatic heterocycles. The van der Waals surface area contributed by atoms with E-state index in [9.17, 15) is 0 Å². The lowest BCUT2D eigenvalue weighted by Gasteiger charge is -2.08. The Hall–Kier alpha value is -2.03. The summed E-state index contributed by atoms with van der Waals surface area (Å²) in [5, 5.41) is 4.48. The van der Waals surface area contributed by atoms with Crippen molar-refractivity contribution >= 4 is 22.3 Å². The fourth-order valence-electron chi connectivity index (χ4n) is 1.68. The lowest BCUT2D eigenvalue weighted by Crippen LogP contribution is -2.00. The number of rotatable bonds is 3. The normalized spacial score (nSPS) is 10.2. The molecule has 0 spiro atoms. The van der Waals surface area contributed by atoms with Gasteiger partial charge in [-0.25, -0.2) is 0 Å². The summed E-state index contributed by atoms with van der Waals surface area (Å²) in [6.45, 7) is 5.01. The molecule has 17 heavy (non-hydrogen) atoms. The van der Waals surface area contributed by atoms with E-state index >= 15 is 0 Å². The highest BCUT2D eigenvalue weighted by Gasteiger charge is 2.00. The van der Waals surface area contributed by atoms with Crippen molar-refractivity contribution in [1.29, 1.82) is 0 Å². The quantitative estimate of drug-likeness (QED) is 0.625. The molecule has 0 unspecified atom stereocenters. The molecule has 1 aromatic carbocycles. The second-order valence-electron chi connectivity index (χ2n) is 4.30. The molecule has 0 aliphatic rings. The van der Waals surface area contributed by atoms with Crippen molar-refractivity contribution in [3.05, 3.63) is 42.1 Å². The third-order valence-corrected chi connectivity index (χ3v) is 2.57. The Morgan fingerprint density at radius 2 is 2.18 bits per heavy atom. The van der Waals surface area contributed by atoms with E-state index in [1.165, 1.54) is 5.57 Å². The average molecular weight is 227 g/mol. The minimum absolute atomic E-state index is 0.742. The predicted octanol–water partition coefficient (Wildman–Crippen LogP) is 3.20. The zero-order chi connectivity index (χ0) is 12.3. The van der Waals surface area contributed by atoms with Gasteiger partial charge in [0.1, 0.15) is 0 Å². The van der Waals surface area contributed by atoms with Gasteiger partial charge in [-0.15, -0.1) is 0 Å². The van der Waals surface area contributed by atoms with E-state index in [2.05, 4.69) is 30.2 Å². The van der Waals surface area contributed by atoms with Crippen molar-refractivity contribution in [1.82, 2.24) is 4.98 Å². The molecule has 3 heteroatoms. The Bertz CT molecular complexity index is 554. The molecule has 3 nitrogen and oxygen atoms in total. The summed E-state index contributed by atoms with van der Waals surface area (Å²) in [5.74, 6) is 0. The van der Waals surface area contributed by atoms with Gasteiger partial charge in [0.15, 0.2) is 0 Å². The number of fused-ring (bicyclic) bond motifs is 1. The highest BCUT2D eigenvalue weighted by molar-refractivity contribution is 5.92. The number of nitrogens with one attached hydrogen (secondary N) is 1. The van der Waals surface area contributed by atoms with Crippen LogP contribution in [0.3, 0.4) is 0 Å². The van der Waals surface area contributed by atoms with Gasteiger partial charge in [0.05, 0.1) is 5.52 Å². The average Bonchev–Trinajstić information content (AvgIpc) is 2.28. The van der Waals surface area contributed by atoms with E-state index in [1.807, 2.05) is 24.3 Å². The van der Waals surface area contributed by atoms with Crippen molar-refractivity contribution in [3.63, 3.8) is 0 Å².